The first-order chi connectivity index (χ1) is 8.20. The van der Waals surface area contributed by atoms with Crippen LogP contribution in [0.25, 0.3) is 0 Å². The summed E-state index contributed by atoms with van der Waals surface area (Å²) < 4.78 is 2.99. The number of nitrogens with zero attached hydrogens (tertiary/aromatic N) is 3. The van der Waals surface area contributed by atoms with Gasteiger partial charge >= 0.3 is 0 Å². The van der Waals surface area contributed by atoms with E-state index in [0.29, 0.717) is 0 Å². The van der Waals surface area contributed by atoms with Gasteiger partial charge in [-0.05, 0) is 41.5 Å². The molecule has 4 nitrogen and oxygen atoms in total. The van der Waals surface area contributed by atoms with Crippen molar-refractivity contribution in [1.29, 1.82) is 0 Å². The van der Waals surface area contributed by atoms with Gasteiger partial charge in [-0.2, -0.15) is 5.10 Å². The first-order valence-electron chi connectivity index (χ1n) is 5.46. The van der Waals surface area contributed by atoms with E-state index >= 15 is 0 Å². The predicted octanol–water partition coefficient (Wildman–Crippen LogP) is 2.12. The minimum Gasteiger partial charge on any atom is -0.316 e. The molecule has 0 aliphatic heterocycles. The molecule has 2 rings (SSSR count). The predicted molar refractivity (Wildman–Crippen MR) is 70.8 cm³/mol. The van der Waals surface area contributed by atoms with E-state index in [-0.39, 0.29) is 0 Å². The molecule has 0 aliphatic rings. The van der Waals surface area contributed by atoms with E-state index in [2.05, 4.69) is 44.3 Å². The van der Waals surface area contributed by atoms with Gasteiger partial charge in [-0.3, -0.25) is 9.67 Å². The molecule has 5 heteroatoms. The Labute approximate surface area is 109 Å². The second kappa shape index (κ2) is 5.42. The number of pyridine rings is 1. The van der Waals surface area contributed by atoms with Crippen LogP contribution in [0.1, 0.15) is 16.8 Å². The molecular formula is C12H15BrN4. The van der Waals surface area contributed by atoms with Gasteiger partial charge in [-0.15, -0.1) is 0 Å². The van der Waals surface area contributed by atoms with Crippen LogP contribution in [-0.4, -0.2) is 21.8 Å². The molecule has 0 amide bonds. The van der Waals surface area contributed by atoms with Crippen molar-refractivity contribution in [1.82, 2.24) is 20.1 Å². The lowest BCUT2D eigenvalue weighted by Gasteiger charge is -2.05. The molecule has 0 fully saturated rings. The summed E-state index contributed by atoms with van der Waals surface area (Å²) in [5.41, 5.74) is 3.57. The van der Waals surface area contributed by atoms with E-state index in [1.54, 1.807) is 6.20 Å². The lowest BCUT2D eigenvalue weighted by Crippen LogP contribution is -2.08. The summed E-state index contributed by atoms with van der Waals surface area (Å²) in [5, 5.41) is 7.53. The van der Waals surface area contributed by atoms with Gasteiger partial charge in [-0.1, -0.05) is 0 Å². The maximum Gasteiger partial charge on any atom is 0.0677 e. The summed E-state index contributed by atoms with van der Waals surface area (Å²) in [6, 6.07) is 2.06. The number of hydrogen-bond acceptors (Lipinski definition) is 3. The van der Waals surface area contributed by atoms with E-state index < -0.39 is 0 Å². The summed E-state index contributed by atoms with van der Waals surface area (Å²) in [5.74, 6) is 0. The molecule has 0 aromatic carbocycles. The van der Waals surface area contributed by atoms with Gasteiger partial charge in [0, 0.05) is 34.7 Å². The zero-order valence-electron chi connectivity index (χ0n) is 9.94. The van der Waals surface area contributed by atoms with E-state index in [4.69, 9.17) is 0 Å². The number of rotatable bonds is 4. The standard InChI is InChI=1S/C12H15BrN4/c1-9-11(5-14-2)6-16-17(9)8-10-3-12(13)7-15-4-10/h3-4,6-7,14H,5,8H2,1-2H3. The van der Waals surface area contributed by atoms with Crippen LogP contribution < -0.4 is 5.32 Å². The Hall–Kier alpha value is -1.20. The van der Waals surface area contributed by atoms with Crippen LogP contribution in [0.2, 0.25) is 0 Å². The maximum atomic E-state index is 4.39. The molecule has 0 saturated heterocycles. The monoisotopic (exact) mass is 294 g/mol. The van der Waals surface area contributed by atoms with Crippen molar-refractivity contribution < 1.29 is 0 Å². The van der Waals surface area contributed by atoms with Crippen molar-refractivity contribution in [2.24, 2.45) is 0 Å². The second-order valence-corrected chi connectivity index (χ2v) is 4.87. The zero-order valence-corrected chi connectivity index (χ0v) is 11.5. The molecule has 0 atom stereocenters. The van der Waals surface area contributed by atoms with Gasteiger partial charge in [0.15, 0.2) is 0 Å². The number of aromatic nitrogens is 3. The van der Waals surface area contributed by atoms with Crippen molar-refractivity contribution in [3.05, 3.63) is 46.0 Å². The van der Waals surface area contributed by atoms with Gasteiger partial charge in [0.05, 0.1) is 12.7 Å². The van der Waals surface area contributed by atoms with Crippen LogP contribution in [0.15, 0.2) is 29.1 Å². The van der Waals surface area contributed by atoms with E-state index in [1.807, 2.05) is 24.1 Å². The van der Waals surface area contributed by atoms with Gasteiger partial charge in [0.25, 0.3) is 0 Å². The molecule has 17 heavy (non-hydrogen) atoms. The van der Waals surface area contributed by atoms with Crippen LogP contribution in [0, 0.1) is 6.92 Å². The fourth-order valence-corrected chi connectivity index (χ4v) is 2.14. The average Bonchev–Trinajstić information content (AvgIpc) is 2.62. The lowest BCUT2D eigenvalue weighted by molar-refractivity contribution is 0.660. The summed E-state index contributed by atoms with van der Waals surface area (Å²) in [4.78, 5) is 4.15. The highest BCUT2D eigenvalue weighted by atomic mass is 79.9. The van der Waals surface area contributed by atoms with Crippen molar-refractivity contribution >= 4 is 15.9 Å². The molecule has 0 bridgehead atoms. The first-order valence-corrected chi connectivity index (χ1v) is 6.25. The smallest absolute Gasteiger partial charge is 0.0677 e. The van der Waals surface area contributed by atoms with Crippen molar-refractivity contribution in [2.75, 3.05) is 7.05 Å². The molecule has 0 radical (unpaired) electrons. The van der Waals surface area contributed by atoms with Crippen molar-refractivity contribution in [3.63, 3.8) is 0 Å². The fourth-order valence-electron chi connectivity index (χ4n) is 1.72. The highest BCUT2D eigenvalue weighted by Gasteiger charge is 2.06. The van der Waals surface area contributed by atoms with Gasteiger partial charge in [-0.25, -0.2) is 0 Å². The van der Waals surface area contributed by atoms with Gasteiger partial charge < -0.3 is 5.32 Å². The Morgan fingerprint density at radius 3 is 2.88 bits per heavy atom. The minimum absolute atomic E-state index is 0.752. The second-order valence-electron chi connectivity index (χ2n) is 3.95. The normalized spacial score (nSPS) is 10.8. The summed E-state index contributed by atoms with van der Waals surface area (Å²) in [6.45, 7) is 3.69. The van der Waals surface area contributed by atoms with Crippen LogP contribution >= 0.6 is 15.9 Å². The number of nitrogens with one attached hydrogen (secondary N) is 1. The molecule has 90 valence electrons. The molecule has 0 aliphatic carbocycles. The van der Waals surface area contributed by atoms with Crippen LogP contribution in [0.3, 0.4) is 0 Å². The quantitative estimate of drug-likeness (QED) is 0.939. The molecular weight excluding hydrogens is 280 g/mol. The Balaban J connectivity index is 2.19. The van der Waals surface area contributed by atoms with E-state index in [1.165, 1.54) is 11.3 Å². The third-order valence-electron chi connectivity index (χ3n) is 2.67. The van der Waals surface area contributed by atoms with E-state index in [9.17, 15) is 0 Å². The molecule has 2 aromatic heterocycles. The van der Waals surface area contributed by atoms with Crippen LogP contribution in [-0.2, 0) is 13.1 Å². The molecule has 1 N–H and O–H groups in total. The van der Waals surface area contributed by atoms with Gasteiger partial charge in [0.2, 0.25) is 0 Å². The van der Waals surface area contributed by atoms with Crippen molar-refractivity contribution in [3.8, 4) is 0 Å². The molecule has 0 unspecified atom stereocenters. The molecule has 0 spiro atoms. The largest absolute Gasteiger partial charge is 0.316 e. The lowest BCUT2D eigenvalue weighted by atomic mass is 10.2. The SMILES string of the molecule is CNCc1cnn(Cc2cncc(Br)c2)c1C. The maximum absolute atomic E-state index is 4.39. The Morgan fingerprint density at radius 1 is 1.35 bits per heavy atom. The third kappa shape index (κ3) is 2.92. The molecule has 2 heterocycles. The summed E-state index contributed by atoms with van der Waals surface area (Å²) in [7, 11) is 1.94. The highest BCUT2D eigenvalue weighted by Crippen LogP contribution is 2.13. The summed E-state index contributed by atoms with van der Waals surface area (Å²) in [6.07, 6.45) is 5.56. The first kappa shape index (κ1) is 12.3. The van der Waals surface area contributed by atoms with Crippen molar-refractivity contribution in [2.45, 2.75) is 20.0 Å². The Morgan fingerprint density at radius 2 is 2.18 bits per heavy atom. The highest BCUT2D eigenvalue weighted by molar-refractivity contribution is 9.10. The minimum atomic E-state index is 0.752. The Kier molecular flexibility index (Phi) is 3.91. The Bertz CT molecular complexity index is 507. The van der Waals surface area contributed by atoms with Crippen LogP contribution in [0.4, 0.5) is 0 Å². The number of halogens is 1. The topological polar surface area (TPSA) is 42.7 Å². The summed E-state index contributed by atoms with van der Waals surface area (Å²) >= 11 is 3.42. The zero-order chi connectivity index (χ0) is 12.3. The number of hydrogen-bond donors (Lipinski definition) is 1. The average molecular weight is 295 g/mol. The molecule has 2 aromatic rings. The van der Waals surface area contributed by atoms with Gasteiger partial charge in [0.1, 0.15) is 0 Å². The third-order valence-corrected chi connectivity index (χ3v) is 3.10. The van der Waals surface area contributed by atoms with Crippen LogP contribution in [0.5, 0.6) is 0 Å². The molecule has 0 saturated carbocycles. The fraction of sp³-hybridized carbons (Fsp3) is 0.333. The van der Waals surface area contributed by atoms with E-state index in [0.717, 1.165) is 23.1 Å².